The van der Waals surface area contributed by atoms with E-state index in [0.29, 0.717) is 30.1 Å². The Morgan fingerprint density at radius 2 is 1.96 bits per heavy atom. The molecule has 2 aromatic carbocycles. The van der Waals surface area contributed by atoms with Gasteiger partial charge in [0, 0.05) is 18.2 Å². The van der Waals surface area contributed by atoms with Crippen LogP contribution in [0.15, 0.2) is 46.9 Å². The van der Waals surface area contributed by atoms with Crippen molar-refractivity contribution in [3.63, 3.8) is 0 Å². The van der Waals surface area contributed by atoms with Crippen LogP contribution in [0, 0.1) is 0 Å². The van der Waals surface area contributed by atoms with Crippen molar-refractivity contribution in [2.45, 2.75) is 25.2 Å². The summed E-state index contributed by atoms with van der Waals surface area (Å²) in [5.41, 5.74) is 3.69. The van der Waals surface area contributed by atoms with Gasteiger partial charge in [-0.2, -0.15) is 0 Å². The highest BCUT2D eigenvalue weighted by atomic mass is 16.5. The summed E-state index contributed by atoms with van der Waals surface area (Å²) in [7, 11) is 1.35. The molecule has 1 aliphatic carbocycles. The molecule has 2 amide bonds. The van der Waals surface area contributed by atoms with Crippen molar-refractivity contribution in [2.75, 3.05) is 19.0 Å². The average molecular weight is 379 g/mol. The van der Waals surface area contributed by atoms with E-state index in [4.69, 9.17) is 4.42 Å². The number of carbonyl (C=O) groups is 2. The van der Waals surface area contributed by atoms with Crippen LogP contribution in [0.25, 0.3) is 11.1 Å². The molecule has 1 aliphatic rings. The second-order valence-electron chi connectivity index (χ2n) is 6.83. The van der Waals surface area contributed by atoms with Crippen LogP contribution in [0.4, 0.5) is 10.5 Å². The van der Waals surface area contributed by atoms with Crippen molar-refractivity contribution in [3.8, 4) is 0 Å². The molecule has 0 bridgehead atoms. The fraction of sp³-hybridized carbons (Fsp3) is 0.286. The molecule has 144 valence electrons. The Kier molecular flexibility index (Phi) is 4.97. The number of esters is 1. The fourth-order valence-corrected chi connectivity index (χ4v) is 2.95. The molecular formula is C21H21N3O4. The summed E-state index contributed by atoms with van der Waals surface area (Å²) in [6.45, 7) is 0.474. The first-order chi connectivity index (χ1) is 13.6. The smallest absolute Gasteiger partial charge is 0.337 e. The van der Waals surface area contributed by atoms with E-state index in [9.17, 15) is 9.59 Å². The maximum absolute atomic E-state index is 12.1. The molecule has 0 aliphatic heterocycles. The monoisotopic (exact) mass is 379 g/mol. The molecule has 0 atom stereocenters. The first-order valence-corrected chi connectivity index (χ1v) is 9.25. The predicted molar refractivity (Wildman–Crippen MR) is 104 cm³/mol. The van der Waals surface area contributed by atoms with Gasteiger partial charge in [-0.15, -0.1) is 0 Å². The number of methoxy groups -OCH3 is 1. The largest absolute Gasteiger partial charge is 0.465 e. The molecule has 1 heterocycles. The minimum atomic E-state index is -0.364. The van der Waals surface area contributed by atoms with Gasteiger partial charge in [-0.05, 0) is 55.2 Å². The van der Waals surface area contributed by atoms with E-state index in [-0.39, 0.29) is 12.0 Å². The molecule has 3 aromatic rings. The lowest BCUT2D eigenvalue weighted by Gasteiger charge is -2.08. The molecule has 4 rings (SSSR count). The van der Waals surface area contributed by atoms with E-state index in [1.165, 1.54) is 7.11 Å². The number of aromatic nitrogens is 1. The van der Waals surface area contributed by atoms with Crippen LogP contribution in [0.1, 0.15) is 40.6 Å². The molecule has 0 unspecified atom stereocenters. The van der Waals surface area contributed by atoms with Crippen molar-refractivity contribution in [1.29, 1.82) is 0 Å². The van der Waals surface area contributed by atoms with Crippen LogP contribution in [-0.4, -0.2) is 30.6 Å². The van der Waals surface area contributed by atoms with Gasteiger partial charge in [0.05, 0.1) is 12.7 Å². The van der Waals surface area contributed by atoms with Crippen molar-refractivity contribution < 1.29 is 18.7 Å². The second-order valence-corrected chi connectivity index (χ2v) is 6.83. The standard InChI is InChI=1S/C21H21N3O4/c1-27-20(25)15-4-2-13(3-5-15)10-11-22-21(26)23-16-8-9-18-17(12-16)24-19(28-18)14-6-7-14/h2-5,8-9,12,14H,6-7,10-11H2,1H3,(H2,22,23,26). The van der Waals surface area contributed by atoms with Crippen LogP contribution in [0.3, 0.4) is 0 Å². The molecule has 0 radical (unpaired) electrons. The van der Waals surface area contributed by atoms with Crippen LogP contribution in [0.2, 0.25) is 0 Å². The number of fused-ring (bicyclic) bond motifs is 1. The summed E-state index contributed by atoms with van der Waals surface area (Å²) in [6.07, 6.45) is 2.92. The molecule has 1 aromatic heterocycles. The van der Waals surface area contributed by atoms with Crippen LogP contribution >= 0.6 is 0 Å². The summed E-state index contributed by atoms with van der Waals surface area (Å²) < 4.78 is 10.4. The number of nitrogens with zero attached hydrogens (tertiary/aromatic N) is 1. The van der Waals surface area contributed by atoms with E-state index in [0.717, 1.165) is 35.4 Å². The molecular weight excluding hydrogens is 358 g/mol. The van der Waals surface area contributed by atoms with Gasteiger partial charge in [-0.25, -0.2) is 14.6 Å². The van der Waals surface area contributed by atoms with Gasteiger partial charge in [0.2, 0.25) is 0 Å². The number of urea groups is 1. The van der Waals surface area contributed by atoms with Gasteiger partial charge in [0.1, 0.15) is 5.52 Å². The quantitative estimate of drug-likeness (QED) is 0.635. The number of benzene rings is 2. The summed E-state index contributed by atoms with van der Waals surface area (Å²) in [5, 5.41) is 5.64. The van der Waals surface area contributed by atoms with E-state index >= 15 is 0 Å². The number of carbonyl (C=O) groups excluding carboxylic acids is 2. The summed E-state index contributed by atoms with van der Waals surface area (Å²) >= 11 is 0. The lowest BCUT2D eigenvalue weighted by atomic mass is 10.1. The van der Waals surface area contributed by atoms with E-state index < -0.39 is 0 Å². The lowest BCUT2D eigenvalue weighted by molar-refractivity contribution is 0.0600. The third kappa shape index (κ3) is 4.14. The summed E-state index contributed by atoms with van der Waals surface area (Å²) in [5.74, 6) is 0.876. The van der Waals surface area contributed by atoms with Gasteiger partial charge in [0.15, 0.2) is 11.5 Å². The Labute approximate surface area is 162 Å². The minimum absolute atomic E-state index is 0.281. The Balaban J connectivity index is 1.28. The predicted octanol–water partition coefficient (Wildman–Crippen LogP) is 3.86. The molecule has 0 spiro atoms. The van der Waals surface area contributed by atoms with Gasteiger partial charge in [-0.3, -0.25) is 0 Å². The molecule has 2 N–H and O–H groups in total. The van der Waals surface area contributed by atoms with Crippen molar-refractivity contribution in [1.82, 2.24) is 10.3 Å². The molecule has 7 heteroatoms. The van der Waals surface area contributed by atoms with Gasteiger partial charge >= 0.3 is 12.0 Å². The minimum Gasteiger partial charge on any atom is -0.465 e. The Hall–Kier alpha value is -3.35. The Morgan fingerprint density at radius 3 is 2.68 bits per heavy atom. The first-order valence-electron chi connectivity index (χ1n) is 9.25. The summed E-state index contributed by atoms with van der Waals surface area (Å²) in [4.78, 5) is 28.0. The summed E-state index contributed by atoms with van der Waals surface area (Å²) in [6, 6.07) is 12.3. The van der Waals surface area contributed by atoms with Crippen molar-refractivity contribution in [3.05, 3.63) is 59.5 Å². The fourth-order valence-electron chi connectivity index (χ4n) is 2.95. The van der Waals surface area contributed by atoms with Gasteiger partial charge in [-0.1, -0.05) is 12.1 Å². The number of rotatable bonds is 6. The normalized spacial score (nSPS) is 13.3. The maximum Gasteiger partial charge on any atom is 0.337 e. The van der Waals surface area contributed by atoms with Crippen LogP contribution < -0.4 is 10.6 Å². The van der Waals surface area contributed by atoms with E-state index in [1.54, 1.807) is 18.2 Å². The SMILES string of the molecule is COC(=O)c1ccc(CCNC(=O)Nc2ccc3oc(C4CC4)nc3c2)cc1. The van der Waals surface area contributed by atoms with Crippen LogP contribution in [-0.2, 0) is 11.2 Å². The lowest BCUT2D eigenvalue weighted by Crippen LogP contribution is -2.30. The highest BCUT2D eigenvalue weighted by molar-refractivity contribution is 5.91. The van der Waals surface area contributed by atoms with Gasteiger partial charge in [0.25, 0.3) is 0 Å². The number of anilines is 1. The third-order valence-electron chi connectivity index (χ3n) is 4.66. The highest BCUT2D eigenvalue weighted by Gasteiger charge is 2.28. The molecule has 7 nitrogen and oxygen atoms in total. The number of amides is 2. The average Bonchev–Trinajstić information content (AvgIpc) is 3.47. The number of oxazole rings is 1. The Bertz CT molecular complexity index is 1010. The number of nitrogens with one attached hydrogen (secondary N) is 2. The number of ether oxygens (including phenoxy) is 1. The zero-order chi connectivity index (χ0) is 19.5. The molecule has 0 saturated heterocycles. The second kappa shape index (κ2) is 7.72. The first kappa shape index (κ1) is 18.0. The Morgan fingerprint density at radius 1 is 1.18 bits per heavy atom. The van der Waals surface area contributed by atoms with Gasteiger partial charge < -0.3 is 19.8 Å². The highest BCUT2D eigenvalue weighted by Crippen LogP contribution is 2.40. The zero-order valence-electron chi connectivity index (χ0n) is 15.5. The third-order valence-corrected chi connectivity index (χ3v) is 4.66. The van der Waals surface area contributed by atoms with Crippen molar-refractivity contribution >= 4 is 28.8 Å². The number of hydrogen-bond acceptors (Lipinski definition) is 5. The van der Waals surface area contributed by atoms with Crippen molar-refractivity contribution in [2.24, 2.45) is 0 Å². The maximum atomic E-state index is 12.1. The zero-order valence-corrected chi connectivity index (χ0v) is 15.5. The molecule has 28 heavy (non-hydrogen) atoms. The number of hydrogen-bond donors (Lipinski definition) is 2. The molecule has 1 fully saturated rings. The van der Waals surface area contributed by atoms with E-state index in [2.05, 4.69) is 20.4 Å². The van der Waals surface area contributed by atoms with Crippen LogP contribution in [0.5, 0.6) is 0 Å². The van der Waals surface area contributed by atoms with E-state index in [1.807, 2.05) is 24.3 Å². The topological polar surface area (TPSA) is 93.5 Å². The molecule has 1 saturated carbocycles.